The minimum absolute atomic E-state index is 0.136. The zero-order valence-electron chi connectivity index (χ0n) is 11.5. The molecule has 0 radical (unpaired) electrons. The van der Waals surface area contributed by atoms with Crippen LogP contribution >= 0.6 is 0 Å². The molecule has 0 fully saturated rings. The molecule has 0 amide bonds. The summed E-state index contributed by atoms with van der Waals surface area (Å²) in [5.41, 5.74) is 0.456. The maximum Gasteiger partial charge on any atom is 0.323 e. The summed E-state index contributed by atoms with van der Waals surface area (Å²) >= 11 is 0. The van der Waals surface area contributed by atoms with Gasteiger partial charge >= 0.3 is 5.97 Å². The zero-order valence-corrected chi connectivity index (χ0v) is 11.5. The lowest BCUT2D eigenvalue weighted by molar-refractivity contribution is -0.135. The number of carbonyl (C=O) groups is 1. The third-order valence-corrected chi connectivity index (χ3v) is 3.28. The molecule has 0 saturated heterocycles. The van der Waals surface area contributed by atoms with E-state index in [1.165, 1.54) is 23.1 Å². The van der Waals surface area contributed by atoms with Crippen molar-refractivity contribution in [3.63, 3.8) is 0 Å². The van der Waals surface area contributed by atoms with Crippen LogP contribution in [0.15, 0.2) is 48.5 Å². The topological polar surface area (TPSA) is 40.5 Å². The summed E-state index contributed by atoms with van der Waals surface area (Å²) in [6.45, 7) is 1.23. The van der Waals surface area contributed by atoms with Crippen molar-refractivity contribution >= 4 is 11.7 Å². The van der Waals surface area contributed by atoms with Crippen LogP contribution in [0.5, 0.6) is 0 Å². The minimum atomic E-state index is -1.07. The smallest absolute Gasteiger partial charge is 0.323 e. The van der Waals surface area contributed by atoms with Gasteiger partial charge in [-0.1, -0.05) is 24.3 Å². The Hall–Kier alpha value is -2.43. The molecular formula is C16H15F2NO2. The van der Waals surface area contributed by atoms with E-state index in [2.05, 4.69) is 0 Å². The van der Waals surface area contributed by atoms with E-state index in [9.17, 15) is 13.6 Å². The van der Waals surface area contributed by atoms with E-state index in [1.807, 2.05) is 0 Å². The number of benzene rings is 2. The van der Waals surface area contributed by atoms with Crippen LogP contribution in [0.1, 0.15) is 18.5 Å². The Balaban J connectivity index is 2.44. The predicted molar refractivity (Wildman–Crippen MR) is 76.2 cm³/mol. The molecule has 0 aromatic heterocycles. The van der Waals surface area contributed by atoms with Gasteiger partial charge in [-0.25, -0.2) is 8.78 Å². The van der Waals surface area contributed by atoms with Crippen molar-refractivity contribution < 1.29 is 18.7 Å². The van der Waals surface area contributed by atoms with Gasteiger partial charge in [0, 0.05) is 11.3 Å². The number of halogens is 2. The Morgan fingerprint density at radius 3 is 2.19 bits per heavy atom. The molecule has 2 rings (SSSR count). The largest absolute Gasteiger partial charge is 0.480 e. The van der Waals surface area contributed by atoms with Gasteiger partial charge in [0.25, 0.3) is 0 Å². The number of nitrogens with zero attached hydrogens (tertiary/aromatic N) is 1. The number of aliphatic carboxylic acids is 1. The van der Waals surface area contributed by atoms with Gasteiger partial charge in [0.2, 0.25) is 0 Å². The highest BCUT2D eigenvalue weighted by molar-refractivity contribution is 5.74. The van der Waals surface area contributed by atoms with E-state index < -0.39 is 23.6 Å². The van der Waals surface area contributed by atoms with E-state index in [1.54, 1.807) is 37.3 Å². The van der Waals surface area contributed by atoms with Crippen molar-refractivity contribution in [2.75, 3.05) is 11.4 Å². The quantitative estimate of drug-likeness (QED) is 0.914. The van der Waals surface area contributed by atoms with Crippen LogP contribution < -0.4 is 4.90 Å². The highest BCUT2D eigenvalue weighted by Crippen LogP contribution is 2.29. The maximum absolute atomic E-state index is 13.9. The van der Waals surface area contributed by atoms with Gasteiger partial charge in [0.1, 0.15) is 18.2 Å². The number of rotatable bonds is 5. The average molecular weight is 291 g/mol. The first-order valence-corrected chi connectivity index (χ1v) is 6.48. The van der Waals surface area contributed by atoms with Crippen LogP contribution in [0.3, 0.4) is 0 Å². The fraction of sp³-hybridized carbons (Fsp3) is 0.188. The van der Waals surface area contributed by atoms with Crippen LogP contribution in [0.25, 0.3) is 0 Å². The van der Waals surface area contributed by atoms with Crippen LogP contribution in [0.4, 0.5) is 14.5 Å². The number of hydrogen-bond acceptors (Lipinski definition) is 2. The SMILES string of the molecule is CC(c1c(F)cccc1F)N(CC(=O)O)c1ccccc1. The molecule has 0 bridgehead atoms. The zero-order chi connectivity index (χ0) is 15.4. The normalized spacial score (nSPS) is 12.0. The van der Waals surface area contributed by atoms with Gasteiger partial charge in [-0.05, 0) is 31.2 Å². The summed E-state index contributed by atoms with van der Waals surface area (Å²) in [5, 5.41) is 9.05. The predicted octanol–water partition coefficient (Wildman–Crippen LogP) is 3.62. The standard InChI is InChI=1S/C16H15F2NO2/c1-11(16-13(17)8-5-9-14(16)18)19(10-15(20)21)12-6-3-2-4-7-12/h2-9,11H,10H2,1H3,(H,20,21). The van der Waals surface area contributed by atoms with Gasteiger partial charge < -0.3 is 10.0 Å². The van der Waals surface area contributed by atoms with Gasteiger partial charge in [0.05, 0.1) is 6.04 Å². The van der Waals surface area contributed by atoms with Gasteiger partial charge in [0.15, 0.2) is 0 Å². The van der Waals surface area contributed by atoms with Gasteiger partial charge in [-0.15, -0.1) is 0 Å². The summed E-state index contributed by atoms with van der Waals surface area (Å²) in [6, 6.07) is 11.6. The molecule has 1 N–H and O–H groups in total. The highest BCUT2D eigenvalue weighted by atomic mass is 19.1. The first-order valence-electron chi connectivity index (χ1n) is 6.48. The Bertz CT molecular complexity index is 611. The molecule has 1 atom stereocenters. The van der Waals surface area contributed by atoms with Crippen LogP contribution in [-0.2, 0) is 4.79 Å². The second kappa shape index (κ2) is 6.35. The molecular weight excluding hydrogens is 276 g/mol. The first kappa shape index (κ1) is 15.0. The molecule has 1 unspecified atom stereocenters. The second-order valence-electron chi connectivity index (χ2n) is 4.67. The lowest BCUT2D eigenvalue weighted by Crippen LogP contribution is -2.33. The molecule has 21 heavy (non-hydrogen) atoms. The molecule has 110 valence electrons. The Morgan fingerprint density at radius 2 is 1.67 bits per heavy atom. The van der Waals surface area contributed by atoms with Gasteiger partial charge in [-0.3, -0.25) is 4.79 Å². The van der Waals surface area contributed by atoms with Gasteiger partial charge in [-0.2, -0.15) is 0 Å². The summed E-state index contributed by atoms with van der Waals surface area (Å²) in [7, 11) is 0. The monoisotopic (exact) mass is 291 g/mol. The number of para-hydroxylation sites is 1. The second-order valence-corrected chi connectivity index (χ2v) is 4.67. The fourth-order valence-corrected chi connectivity index (χ4v) is 2.28. The molecule has 2 aromatic carbocycles. The molecule has 2 aromatic rings. The van der Waals surface area contributed by atoms with Crippen molar-refractivity contribution in [1.82, 2.24) is 0 Å². The Labute approximate surface area is 121 Å². The lowest BCUT2D eigenvalue weighted by Gasteiger charge is -2.30. The van der Waals surface area contributed by atoms with Crippen LogP contribution in [0.2, 0.25) is 0 Å². The number of hydrogen-bond donors (Lipinski definition) is 1. The van der Waals surface area contributed by atoms with Crippen molar-refractivity contribution in [3.8, 4) is 0 Å². The van der Waals surface area contributed by atoms with E-state index in [4.69, 9.17) is 5.11 Å². The van der Waals surface area contributed by atoms with Crippen molar-refractivity contribution in [2.24, 2.45) is 0 Å². The molecule has 0 heterocycles. The number of carboxylic acids is 1. The summed E-state index contributed by atoms with van der Waals surface area (Å²) in [6.07, 6.45) is 0. The van der Waals surface area contributed by atoms with Crippen molar-refractivity contribution in [3.05, 3.63) is 65.7 Å². The summed E-state index contributed by atoms with van der Waals surface area (Å²) in [5.74, 6) is -2.44. The summed E-state index contributed by atoms with van der Waals surface area (Å²) < 4.78 is 27.8. The molecule has 3 nitrogen and oxygen atoms in total. The molecule has 0 spiro atoms. The summed E-state index contributed by atoms with van der Waals surface area (Å²) in [4.78, 5) is 12.5. The third-order valence-electron chi connectivity index (χ3n) is 3.28. The third kappa shape index (κ3) is 3.37. The fourth-order valence-electron chi connectivity index (χ4n) is 2.28. The maximum atomic E-state index is 13.9. The lowest BCUT2D eigenvalue weighted by atomic mass is 10.0. The number of anilines is 1. The van der Waals surface area contributed by atoms with E-state index in [-0.39, 0.29) is 12.1 Å². The molecule has 0 aliphatic heterocycles. The van der Waals surface area contributed by atoms with E-state index in [0.29, 0.717) is 5.69 Å². The molecule has 5 heteroatoms. The molecule has 0 aliphatic rings. The average Bonchev–Trinajstić information content (AvgIpc) is 2.45. The highest BCUT2D eigenvalue weighted by Gasteiger charge is 2.24. The number of carboxylic acid groups (broad SMARTS) is 1. The Kier molecular flexibility index (Phi) is 4.52. The van der Waals surface area contributed by atoms with Crippen molar-refractivity contribution in [1.29, 1.82) is 0 Å². The van der Waals surface area contributed by atoms with E-state index >= 15 is 0 Å². The van der Waals surface area contributed by atoms with Crippen LogP contribution in [-0.4, -0.2) is 17.6 Å². The first-order chi connectivity index (χ1) is 10.0. The van der Waals surface area contributed by atoms with Crippen molar-refractivity contribution in [2.45, 2.75) is 13.0 Å². The van der Waals surface area contributed by atoms with Crippen LogP contribution in [0, 0.1) is 11.6 Å². The minimum Gasteiger partial charge on any atom is -0.480 e. The van der Waals surface area contributed by atoms with E-state index in [0.717, 1.165) is 0 Å². The Morgan fingerprint density at radius 1 is 1.10 bits per heavy atom. The molecule has 0 saturated carbocycles. The molecule has 0 aliphatic carbocycles.